The van der Waals surface area contributed by atoms with Crippen LogP contribution in [0.1, 0.15) is 69.8 Å². The van der Waals surface area contributed by atoms with Crippen LogP contribution in [0, 0.1) is 47.7 Å². The van der Waals surface area contributed by atoms with Gasteiger partial charge in [0.25, 0.3) is 0 Å². The number of terminal acetylenes is 2. The molecule has 1 unspecified atom stereocenters. The maximum atomic E-state index is 17.2. The molecule has 2 aliphatic carbocycles. The van der Waals surface area contributed by atoms with E-state index < -0.39 is 11.6 Å². The van der Waals surface area contributed by atoms with Crippen molar-refractivity contribution in [3.63, 3.8) is 0 Å². The molecule has 2 saturated carbocycles. The molecular formula is C42H45F2N5O4. The van der Waals surface area contributed by atoms with Crippen molar-refractivity contribution in [1.29, 1.82) is 0 Å². The van der Waals surface area contributed by atoms with Crippen LogP contribution in [-0.4, -0.2) is 83.6 Å². The number of aromatic nitrogens is 3. The highest BCUT2D eigenvalue weighted by atomic mass is 19.1. The lowest BCUT2D eigenvalue weighted by Crippen LogP contribution is -2.56. The van der Waals surface area contributed by atoms with Crippen LogP contribution in [0.25, 0.3) is 32.9 Å². The van der Waals surface area contributed by atoms with Crippen LogP contribution in [-0.2, 0) is 4.74 Å². The summed E-state index contributed by atoms with van der Waals surface area (Å²) >= 11 is 0. The minimum atomic E-state index is -0.789. The molecule has 4 aliphatic rings. The first-order valence-corrected chi connectivity index (χ1v) is 18.9. The summed E-state index contributed by atoms with van der Waals surface area (Å²) in [5, 5.41) is 11.7. The van der Waals surface area contributed by atoms with Crippen LogP contribution in [0.5, 0.6) is 17.6 Å². The molecule has 2 aliphatic heterocycles. The van der Waals surface area contributed by atoms with Crippen LogP contribution in [0.4, 0.5) is 14.6 Å². The van der Waals surface area contributed by atoms with E-state index in [0.29, 0.717) is 67.5 Å². The summed E-state index contributed by atoms with van der Waals surface area (Å²) in [6, 6.07) is 6.49. The molecule has 53 heavy (non-hydrogen) atoms. The maximum absolute atomic E-state index is 17.2. The number of hydrogen-bond acceptors (Lipinski definition) is 9. The molecule has 2 aromatic carbocycles. The van der Waals surface area contributed by atoms with Crippen LogP contribution in [0.2, 0.25) is 0 Å². The van der Waals surface area contributed by atoms with Crippen molar-refractivity contribution in [2.45, 2.75) is 76.3 Å². The van der Waals surface area contributed by atoms with E-state index >= 15 is 8.78 Å². The lowest BCUT2D eigenvalue weighted by Gasteiger charge is -2.50. The Morgan fingerprint density at radius 2 is 1.79 bits per heavy atom. The summed E-state index contributed by atoms with van der Waals surface area (Å²) in [6.45, 7) is 3.70. The molecule has 1 N–H and O–H groups in total. The van der Waals surface area contributed by atoms with Crippen molar-refractivity contribution in [3.8, 4) is 53.6 Å². The van der Waals surface area contributed by atoms with Gasteiger partial charge in [-0.05, 0) is 87.9 Å². The van der Waals surface area contributed by atoms with Gasteiger partial charge in [0.2, 0.25) is 5.88 Å². The maximum Gasteiger partial charge on any atom is 0.319 e. The fourth-order valence-electron chi connectivity index (χ4n) is 9.59. The molecule has 4 aromatic rings. The Morgan fingerprint density at radius 3 is 2.58 bits per heavy atom. The number of piperidine rings is 1. The second-order valence-corrected chi connectivity index (χ2v) is 15.0. The summed E-state index contributed by atoms with van der Waals surface area (Å²) in [5.74, 6) is 4.68. The second kappa shape index (κ2) is 14.6. The minimum absolute atomic E-state index is 0.0526. The molecule has 2 aromatic heterocycles. The van der Waals surface area contributed by atoms with Gasteiger partial charge in [-0.15, -0.1) is 18.8 Å². The van der Waals surface area contributed by atoms with Crippen molar-refractivity contribution in [2.24, 2.45) is 11.3 Å². The molecule has 2 atom stereocenters. The van der Waals surface area contributed by atoms with Crippen molar-refractivity contribution in [3.05, 3.63) is 41.5 Å². The first kappa shape index (κ1) is 35.3. The van der Waals surface area contributed by atoms with Gasteiger partial charge in [-0.3, -0.25) is 4.90 Å². The first-order valence-electron chi connectivity index (χ1n) is 18.9. The van der Waals surface area contributed by atoms with Gasteiger partial charge >= 0.3 is 6.01 Å². The monoisotopic (exact) mass is 721 g/mol. The smallest absolute Gasteiger partial charge is 0.319 e. The van der Waals surface area contributed by atoms with E-state index in [1.165, 1.54) is 31.4 Å². The van der Waals surface area contributed by atoms with Crippen molar-refractivity contribution >= 4 is 27.5 Å². The Kier molecular flexibility index (Phi) is 9.74. The fourth-order valence-corrected chi connectivity index (χ4v) is 9.59. The van der Waals surface area contributed by atoms with Crippen LogP contribution < -0.4 is 14.4 Å². The number of hydrogen-bond donors (Lipinski definition) is 1. The molecule has 11 heteroatoms. The molecule has 0 bridgehead atoms. The zero-order valence-electron chi connectivity index (χ0n) is 30.2. The standard InChI is InChI=1S/C42H45F2N5O4/c1-4-26-10-13-28(14-11-26)49-19-7-17-42(16-6-9-33(42)49)25-53-41-46-38-35(39(47-41)48-18-8-21-52-22-20-48)40(51-3)45-37(36(38)44)31-24-29(50)23-27-12-15-32(43)30(5-2)34(27)31/h1-2,12,15,23-24,26,28,33,50H,6-11,13-14,16-22,25H2,3H3/t26?,28?,33?,42-/m1/s1. The third-order valence-electron chi connectivity index (χ3n) is 12.1. The van der Waals surface area contributed by atoms with Crippen molar-refractivity contribution in [2.75, 3.05) is 51.5 Å². The number of anilines is 1. The number of methoxy groups -OCH3 is 1. The molecule has 4 heterocycles. The van der Waals surface area contributed by atoms with E-state index in [1.54, 1.807) is 0 Å². The lowest BCUT2D eigenvalue weighted by atomic mass is 9.73. The van der Waals surface area contributed by atoms with Crippen molar-refractivity contribution in [1.82, 2.24) is 19.9 Å². The average molecular weight is 722 g/mol. The zero-order chi connectivity index (χ0) is 36.7. The number of halogens is 2. The Hall–Kier alpha value is -4.71. The van der Waals surface area contributed by atoms with Gasteiger partial charge in [0.05, 0.1) is 25.9 Å². The average Bonchev–Trinajstić information content (AvgIpc) is 3.43. The predicted octanol–water partition coefficient (Wildman–Crippen LogP) is 7.25. The third kappa shape index (κ3) is 6.38. The molecule has 0 radical (unpaired) electrons. The van der Waals surface area contributed by atoms with Gasteiger partial charge in [0.15, 0.2) is 5.82 Å². The van der Waals surface area contributed by atoms with E-state index in [9.17, 15) is 5.11 Å². The highest BCUT2D eigenvalue weighted by molar-refractivity contribution is 6.04. The van der Waals surface area contributed by atoms with Crippen LogP contribution in [0.15, 0.2) is 24.3 Å². The van der Waals surface area contributed by atoms with E-state index in [-0.39, 0.29) is 50.8 Å². The van der Waals surface area contributed by atoms with Gasteiger partial charge < -0.3 is 24.2 Å². The SMILES string of the molecule is C#Cc1c(F)ccc2cc(O)cc(-c3nc(OC)c4c(N5CCCOCC5)nc(OC[C@]56CCCC5N(C5CCC(C#C)CC5)CCC6)nc4c3F)c12. The Labute approximate surface area is 309 Å². The van der Waals surface area contributed by atoms with Crippen LogP contribution >= 0.6 is 0 Å². The summed E-state index contributed by atoms with van der Waals surface area (Å²) < 4.78 is 50.5. The van der Waals surface area contributed by atoms with Gasteiger partial charge in [-0.1, -0.05) is 18.4 Å². The van der Waals surface area contributed by atoms with E-state index in [1.807, 2.05) is 4.90 Å². The van der Waals surface area contributed by atoms with E-state index in [0.717, 1.165) is 70.8 Å². The molecule has 0 spiro atoms. The second-order valence-electron chi connectivity index (χ2n) is 15.0. The number of likely N-dealkylation sites (tertiary alicyclic amines) is 1. The Bertz CT molecular complexity index is 2120. The predicted molar refractivity (Wildman–Crippen MR) is 200 cm³/mol. The summed E-state index contributed by atoms with van der Waals surface area (Å²) in [7, 11) is 1.45. The number of ether oxygens (including phenoxy) is 3. The van der Waals surface area contributed by atoms with E-state index in [2.05, 4.69) is 21.7 Å². The summed E-state index contributed by atoms with van der Waals surface area (Å²) in [6.07, 6.45) is 22.1. The Balaban J connectivity index is 1.22. The molecule has 2 saturated heterocycles. The molecule has 0 amide bonds. The summed E-state index contributed by atoms with van der Waals surface area (Å²) in [5.41, 5.74) is -0.258. The molecular weight excluding hydrogens is 676 g/mol. The number of nitrogens with zero attached hydrogens (tertiary/aromatic N) is 5. The quantitative estimate of drug-likeness (QED) is 0.198. The molecule has 276 valence electrons. The number of aromatic hydroxyl groups is 1. The Morgan fingerprint density at radius 1 is 0.962 bits per heavy atom. The lowest BCUT2D eigenvalue weighted by molar-refractivity contribution is -0.0317. The molecule has 9 nitrogen and oxygen atoms in total. The molecule has 8 rings (SSSR count). The van der Waals surface area contributed by atoms with Gasteiger partial charge in [-0.2, -0.15) is 9.97 Å². The van der Waals surface area contributed by atoms with Crippen molar-refractivity contribution < 1.29 is 28.1 Å². The minimum Gasteiger partial charge on any atom is -0.508 e. The van der Waals surface area contributed by atoms with Gasteiger partial charge in [-0.25, -0.2) is 13.8 Å². The fraction of sp³-hybridized carbons (Fsp3) is 0.500. The highest BCUT2D eigenvalue weighted by Gasteiger charge is 2.50. The normalized spacial score (nSPS) is 25.1. The van der Waals surface area contributed by atoms with E-state index in [4.69, 9.17) is 37.0 Å². The van der Waals surface area contributed by atoms with Gasteiger partial charge in [0.1, 0.15) is 34.0 Å². The zero-order valence-corrected chi connectivity index (χ0v) is 30.2. The summed E-state index contributed by atoms with van der Waals surface area (Å²) in [4.78, 5) is 19.1. The largest absolute Gasteiger partial charge is 0.508 e. The topological polar surface area (TPSA) is 93.1 Å². The number of pyridine rings is 1. The highest BCUT2D eigenvalue weighted by Crippen LogP contribution is 2.50. The molecule has 4 fully saturated rings. The van der Waals surface area contributed by atoms with Gasteiger partial charge in [0, 0.05) is 54.1 Å². The van der Waals surface area contributed by atoms with Crippen LogP contribution in [0.3, 0.4) is 0 Å². The third-order valence-corrected chi connectivity index (χ3v) is 12.1. The number of phenolic OH excluding ortho intramolecular Hbond substituents is 1. The number of fused-ring (bicyclic) bond motifs is 3. The number of rotatable bonds is 7. The first-order chi connectivity index (χ1) is 25.8. The number of phenols is 1. The number of benzene rings is 2.